The molecule has 4 heteroatoms. The summed E-state index contributed by atoms with van der Waals surface area (Å²) in [6, 6.07) is 1.82. The van der Waals surface area contributed by atoms with Gasteiger partial charge in [-0.3, -0.25) is 9.48 Å². The monoisotopic (exact) mass is 179 g/mol. The maximum absolute atomic E-state index is 11.1. The van der Waals surface area contributed by atoms with Gasteiger partial charge in [-0.25, -0.2) is 0 Å². The molecule has 1 amide bonds. The van der Waals surface area contributed by atoms with E-state index in [4.69, 9.17) is 0 Å². The van der Waals surface area contributed by atoms with Crippen LogP contribution in [-0.4, -0.2) is 15.7 Å². The van der Waals surface area contributed by atoms with Gasteiger partial charge in [-0.15, -0.1) is 0 Å². The summed E-state index contributed by atoms with van der Waals surface area (Å²) in [6.45, 7) is 3.68. The highest BCUT2D eigenvalue weighted by atomic mass is 16.1. The number of allylic oxidation sites excluding steroid dienone is 1. The third-order valence-corrected chi connectivity index (χ3v) is 1.57. The van der Waals surface area contributed by atoms with Gasteiger partial charge < -0.3 is 5.32 Å². The molecule has 0 bridgehead atoms. The van der Waals surface area contributed by atoms with Gasteiger partial charge in [0.1, 0.15) is 5.82 Å². The summed E-state index contributed by atoms with van der Waals surface area (Å²) in [5, 5.41) is 6.81. The highest BCUT2D eigenvalue weighted by Gasteiger charge is 2.03. The maximum atomic E-state index is 11.1. The molecule has 0 fully saturated rings. The predicted molar refractivity (Wildman–Crippen MR) is 51.4 cm³/mol. The zero-order chi connectivity index (χ0) is 9.84. The van der Waals surface area contributed by atoms with Crippen LogP contribution in [-0.2, 0) is 11.8 Å². The third-order valence-electron chi connectivity index (χ3n) is 1.57. The number of aromatic nitrogens is 2. The van der Waals surface area contributed by atoms with Crippen LogP contribution in [0.2, 0.25) is 0 Å². The summed E-state index contributed by atoms with van der Waals surface area (Å²) in [4.78, 5) is 11.1. The van der Waals surface area contributed by atoms with Crippen molar-refractivity contribution < 1.29 is 4.79 Å². The van der Waals surface area contributed by atoms with Gasteiger partial charge in [-0.1, -0.05) is 6.08 Å². The minimum atomic E-state index is -0.134. The largest absolute Gasteiger partial charge is 0.307 e. The van der Waals surface area contributed by atoms with Crippen molar-refractivity contribution in [2.45, 2.75) is 13.8 Å². The molecular formula is C9H13N3O. The van der Waals surface area contributed by atoms with Crippen LogP contribution in [0, 0.1) is 6.92 Å². The molecule has 0 radical (unpaired) electrons. The van der Waals surface area contributed by atoms with E-state index in [1.165, 1.54) is 6.08 Å². The summed E-state index contributed by atoms with van der Waals surface area (Å²) >= 11 is 0. The van der Waals surface area contributed by atoms with Gasteiger partial charge in [0.05, 0.1) is 5.69 Å². The number of aryl methyl sites for hydroxylation is 2. The maximum Gasteiger partial charge on any atom is 0.249 e. The SMILES string of the molecule is C/C=C/C(=O)Nc1cc(C)nn1C. The van der Waals surface area contributed by atoms with Crippen molar-refractivity contribution in [2.24, 2.45) is 7.05 Å². The normalized spacial score (nSPS) is 10.7. The van der Waals surface area contributed by atoms with Gasteiger partial charge in [0, 0.05) is 13.1 Å². The minimum absolute atomic E-state index is 0.134. The molecular weight excluding hydrogens is 166 g/mol. The zero-order valence-corrected chi connectivity index (χ0v) is 8.03. The molecule has 1 aromatic heterocycles. The Morgan fingerprint density at radius 2 is 2.38 bits per heavy atom. The summed E-state index contributed by atoms with van der Waals surface area (Å²) < 4.78 is 1.64. The van der Waals surface area contributed by atoms with Crippen molar-refractivity contribution >= 4 is 11.7 Å². The number of hydrogen-bond acceptors (Lipinski definition) is 2. The number of carbonyl (C=O) groups is 1. The molecule has 0 atom stereocenters. The Morgan fingerprint density at radius 3 is 2.85 bits per heavy atom. The van der Waals surface area contributed by atoms with Crippen LogP contribution < -0.4 is 5.32 Å². The number of nitrogens with one attached hydrogen (secondary N) is 1. The second-order valence-electron chi connectivity index (χ2n) is 2.78. The van der Waals surface area contributed by atoms with Crippen LogP contribution in [0.5, 0.6) is 0 Å². The Bertz CT molecular complexity index is 339. The molecule has 0 unspecified atom stereocenters. The molecule has 0 aromatic carbocycles. The van der Waals surface area contributed by atoms with Crippen LogP contribution in [0.1, 0.15) is 12.6 Å². The molecule has 13 heavy (non-hydrogen) atoms. The number of amides is 1. The van der Waals surface area contributed by atoms with Gasteiger partial charge in [0.25, 0.3) is 0 Å². The highest BCUT2D eigenvalue weighted by molar-refractivity contribution is 5.98. The quantitative estimate of drug-likeness (QED) is 0.694. The molecule has 0 spiro atoms. The first kappa shape index (κ1) is 9.51. The zero-order valence-electron chi connectivity index (χ0n) is 8.03. The van der Waals surface area contributed by atoms with Crippen molar-refractivity contribution in [1.82, 2.24) is 9.78 Å². The summed E-state index contributed by atoms with van der Waals surface area (Å²) in [7, 11) is 1.79. The molecule has 1 rings (SSSR count). The van der Waals surface area contributed by atoms with Crippen molar-refractivity contribution in [3.05, 3.63) is 23.9 Å². The number of hydrogen-bond donors (Lipinski definition) is 1. The summed E-state index contributed by atoms with van der Waals surface area (Å²) in [6.07, 6.45) is 3.17. The molecule has 0 saturated heterocycles. The van der Waals surface area contributed by atoms with Crippen molar-refractivity contribution in [2.75, 3.05) is 5.32 Å². The lowest BCUT2D eigenvalue weighted by molar-refractivity contribution is -0.111. The van der Waals surface area contributed by atoms with E-state index in [2.05, 4.69) is 10.4 Å². The molecule has 0 saturated carbocycles. The number of nitrogens with zero attached hydrogens (tertiary/aromatic N) is 2. The van der Waals surface area contributed by atoms with Gasteiger partial charge in [0.2, 0.25) is 5.91 Å². The fraction of sp³-hybridized carbons (Fsp3) is 0.333. The van der Waals surface area contributed by atoms with Crippen LogP contribution in [0.3, 0.4) is 0 Å². The van der Waals surface area contributed by atoms with Crippen LogP contribution in [0.15, 0.2) is 18.2 Å². The molecule has 0 aliphatic carbocycles. The molecule has 4 nitrogen and oxygen atoms in total. The molecule has 70 valence electrons. The fourth-order valence-electron chi connectivity index (χ4n) is 1.05. The van der Waals surface area contributed by atoms with E-state index in [9.17, 15) is 4.79 Å². The second kappa shape index (κ2) is 3.89. The van der Waals surface area contributed by atoms with Crippen molar-refractivity contribution in [3.63, 3.8) is 0 Å². The smallest absolute Gasteiger partial charge is 0.249 e. The predicted octanol–water partition coefficient (Wildman–Crippen LogP) is 1.24. The van der Waals surface area contributed by atoms with Crippen molar-refractivity contribution in [3.8, 4) is 0 Å². The number of rotatable bonds is 2. The molecule has 0 aliphatic rings. The lowest BCUT2D eigenvalue weighted by Gasteiger charge is -2.00. The average molecular weight is 179 g/mol. The van der Waals surface area contributed by atoms with Gasteiger partial charge >= 0.3 is 0 Å². The van der Waals surface area contributed by atoms with E-state index >= 15 is 0 Å². The molecule has 1 aromatic rings. The van der Waals surface area contributed by atoms with Crippen LogP contribution in [0.25, 0.3) is 0 Å². The van der Waals surface area contributed by atoms with E-state index in [1.807, 2.05) is 13.0 Å². The Morgan fingerprint density at radius 1 is 1.69 bits per heavy atom. The molecule has 1 N–H and O–H groups in total. The van der Waals surface area contributed by atoms with E-state index in [-0.39, 0.29) is 5.91 Å². The molecule has 1 heterocycles. The first-order chi connectivity index (χ1) is 6.13. The lowest BCUT2D eigenvalue weighted by Crippen LogP contribution is -2.11. The first-order valence-electron chi connectivity index (χ1n) is 4.08. The van der Waals surface area contributed by atoms with E-state index in [0.29, 0.717) is 5.82 Å². The van der Waals surface area contributed by atoms with Crippen LogP contribution >= 0.6 is 0 Å². The van der Waals surface area contributed by atoms with E-state index < -0.39 is 0 Å². The summed E-state index contributed by atoms with van der Waals surface area (Å²) in [5.74, 6) is 0.575. The highest BCUT2D eigenvalue weighted by Crippen LogP contribution is 2.07. The van der Waals surface area contributed by atoms with Gasteiger partial charge in [-0.05, 0) is 19.9 Å². The first-order valence-corrected chi connectivity index (χ1v) is 4.08. The van der Waals surface area contributed by atoms with Crippen LogP contribution in [0.4, 0.5) is 5.82 Å². The van der Waals surface area contributed by atoms with E-state index in [0.717, 1.165) is 5.69 Å². The summed E-state index contributed by atoms with van der Waals surface area (Å²) in [5.41, 5.74) is 0.887. The van der Waals surface area contributed by atoms with Crippen molar-refractivity contribution in [1.29, 1.82) is 0 Å². The van der Waals surface area contributed by atoms with Gasteiger partial charge in [0.15, 0.2) is 0 Å². The number of carbonyl (C=O) groups excluding carboxylic acids is 1. The Labute approximate surface area is 77.3 Å². The lowest BCUT2D eigenvalue weighted by atomic mass is 10.4. The van der Waals surface area contributed by atoms with Gasteiger partial charge in [-0.2, -0.15) is 5.10 Å². The number of anilines is 1. The minimum Gasteiger partial charge on any atom is -0.307 e. The molecule has 0 aliphatic heterocycles. The average Bonchev–Trinajstić information content (AvgIpc) is 2.30. The Balaban J connectivity index is 2.74. The standard InChI is InChI=1S/C9H13N3O/c1-4-5-9(13)10-8-6-7(2)11-12(8)3/h4-6H,1-3H3,(H,10,13)/b5-4+. The van der Waals surface area contributed by atoms with E-state index in [1.54, 1.807) is 24.7 Å². The Hall–Kier alpha value is -1.58. The Kier molecular flexibility index (Phi) is 2.84. The fourth-order valence-corrected chi connectivity index (χ4v) is 1.05. The third kappa shape index (κ3) is 2.43. The second-order valence-corrected chi connectivity index (χ2v) is 2.78. The topological polar surface area (TPSA) is 46.9 Å².